The third-order valence-electron chi connectivity index (χ3n) is 2.30. The van der Waals surface area contributed by atoms with Gasteiger partial charge in [-0.25, -0.2) is 4.39 Å². The van der Waals surface area contributed by atoms with Crippen LogP contribution in [0.3, 0.4) is 0 Å². The Bertz CT molecular complexity index is 327. The first-order chi connectivity index (χ1) is 5.77. The highest BCUT2D eigenvalue weighted by molar-refractivity contribution is 5.33. The summed E-state index contributed by atoms with van der Waals surface area (Å²) in [5.74, 6) is -0.431. The molecule has 0 bridgehead atoms. The van der Waals surface area contributed by atoms with Crippen LogP contribution in [0, 0.1) is 17.2 Å². The first-order valence-corrected chi connectivity index (χ1v) is 3.91. The van der Waals surface area contributed by atoms with Crippen LogP contribution in [0.5, 0.6) is 0 Å². The molecule has 1 aliphatic rings. The van der Waals surface area contributed by atoms with Gasteiger partial charge in [0, 0.05) is 6.42 Å². The predicted molar refractivity (Wildman–Crippen MR) is 42.9 cm³/mol. The number of benzene rings is 1. The highest BCUT2D eigenvalue weighted by Gasteiger charge is 2.57. The van der Waals surface area contributed by atoms with E-state index in [4.69, 9.17) is 5.26 Å². The molecule has 1 fully saturated rings. The first kappa shape index (κ1) is 7.30. The molecule has 2 unspecified atom stereocenters. The van der Waals surface area contributed by atoms with Crippen LogP contribution >= 0.6 is 0 Å². The third-order valence-corrected chi connectivity index (χ3v) is 2.30. The number of halogens is 1. The van der Waals surface area contributed by atoms with Gasteiger partial charge in [-0.05, 0) is 5.56 Å². The second kappa shape index (κ2) is 2.31. The van der Waals surface area contributed by atoms with Crippen molar-refractivity contribution in [3.05, 3.63) is 35.9 Å². The van der Waals surface area contributed by atoms with Crippen molar-refractivity contribution in [2.75, 3.05) is 0 Å². The second-order valence-electron chi connectivity index (χ2n) is 3.11. The van der Waals surface area contributed by atoms with Crippen molar-refractivity contribution >= 4 is 0 Å². The molecule has 1 aromatic rings. The molecule has 1 aliphatic carbocycles. The van der Waals surface area contributed by atoms with E-state index in [1.165, 1.54) is 0 Å². The molecule has 2 rings (SSSR count). The molecule has 0 spiro atoms. The zero-order valence-electron chi connectivity index (χ0n) is 6.50. The second-order valence-corrected chi connectivity index (χ2v) is 3.11. The standard InChI is InChI=1S/C10H8FN/c11-10(6-9(10)7-12)8-4-2-1-3-5-8/h1-5,9H,6H2. The summed E-state index contributed by atoms with van der Waals surface area (Å²) >= 11 is 0. The Morgan fingerprint density at radius 1 is 1.42 bits per heavy atom. The Morgan fingerprint density at radius 2 is 2.08 bits per heavy atom. The van der Waals surface area contributed by atoms with Crippen LogP contribution in [-0.2, 0) is 5.67 Å². The minimum atomic E-state index is -1.35. The van der Waals surface area contributed by atoms with Crippen molar-refractivity contribution in [2.45, 2.75) is 12.1 Å². The predicted octanol–water partition coefficient (Wildman–Crippen LogP) is 2.39. The Balaban J connectivity index is 2.30. The highest BCUT2D eigenvalue weighted by atomic mass is 19.1. The van der Waals surface area contributed by atoms with Gasteiger partial charge < -0.3 is 0 Å². The normalized spacial score (nSPS) is 32.5. The zero-order valence-corrected chi connectivity index (χ0v) is 6.50. The zero-order chi connectivity index (χ0) is 8.60. The topological polar surface area (TPSA) is 23.8 Å². The summed E-state index contributed by atoms with van der Waals surface area (Å²) < 4.78 is 13.7. The Kier molecular flexibility index (Phi) is 1.41. The van der Waals surface area contributed by atoms with Crippen LogP contribution in [0.4, 0.5) is 4.39 Å². The maximum absolute atomic E-state index is 13.7. The van der Waals surface area contributed by atoms with Crippen molar-refractivity contribution in [1.29, 1.82) is 5.26 Å². The van der Waals surface area contributed by atoms with E-state index in [2.05, 4.69) is 0 Å². The van der Waals surface area contributed by atoms with Gasteiger partial charge >= 0.3 is 0 Å². The van der Waals surface area contributed by atoms with Crippen LogP contribution in [0.1, 0.15) is 12.0 Å². The Labute approximate surface area is 70.4 Å². The fourth-order valence-corrected chi connectivity index (χ4v) is 1.42. The fraction of sp³-hybridized carbons (Fsp3) is 0.300. The summed E-state index contributed by atoms with van der Waals surface area (Å²) in [4.78, 5) is 0. The quantitative estimate of drug-likeness (QED) is 0.620. The summed E-state index contributed by atoms with van der Waals surface area (Å²) in [5.41, 5.74) is -0.715. The summed E-state index contributed by atoms with van der Waals surface area (Å²) in [5, 5.41) is 8.51. The fourth-order valence-electron chi connectivity index (χ4n) is 1.42. The molecule has 2 heteroatoms. The van der Waals surface area contributed by atoms with E-state index >= 15 is 0 Å². The monoisotopic (exact) mass is 161 g/mol. The molecule has 1 nitrogen and oxygen atoms in total. The van der Waals surface area contributed by atoms with Gasteiger partial charge in [0.1, 0.15) is 0 Å². The lowest BCUT2D eigenvalue weighted by Gasteiger charge is -2.03. The van der Waals surface area contributed by atoms with Gasteiger partial charge in [0.15, 0.2) is 5.67 Å². The molecular weight excluding hydrogens is 153 g/mol. The van der Waals surface area contributed by atoms with Crippen molar-refractivity contribution in [2.24, 2.45) is 5.92 Å². The summed E-state index contributed by atoms with van der Waals surface area (Å²) in [7, 11) is 0. The summed E-state index contributed by atoms with van der Waals surface area (Å²) in [6.45, 7) is 0. The van der Waals surface area contributed by atoms with Gasteiger partial charge in [-0.2, -0.15) is 5.26 Å². The lowest BCUT2D eigenvalue weighted by molar-refractivity contribution is 0.302. The third kappa shape index (κ3) is 0.902. The number of hydrogen-bond acceptors (Lipinski definition) is 1. The van der Waals surface area contributed by atoms with E-state index in [9.17, 15) is 4.39 Å². The molecule has 1 saturated carbocycles. The molecule has 0 radical (unpaired) electrons. The molecule has 0 amide bonds. The van der Waals surface area contributed by atoms with Crippen molar-refractivity contribution in [1.82, 2.24) is 0 Å². The molecule has 0 aromatic heterocycles. The first-order valence-electron chi connectivity index (χ1n) is 3.91. The van der Waals surface area contributed by atoms with Crippen LogP contribution in [0.15, 0.2) is 30.3 Å². The van der Waals surface area contributed by atoms with E-state index in [-0.39, 0.29) is 0 Å². The SMILES string of the molecule is N#CC1CC1(F)c1ccccc1. The summed E-state index contributed by atoms with van der Waals surface area (Å²) in [6, 6.07) is 10.9. The van der Waals surface area contributed by atoms with Gasteiger partial charge in [-0.15, -0.1) is 0 Å². The smallest absolute Gasteiger partial charge is 0.153 e. The number of hydrogen-bond donors (Lipinski definition) is 0. The van der Waals surface area contributed by atoms with Gasteiger partial charge in [0.25, 0.3) is 0 Å². The summed E-state index contributed by atoms with van der Waals surface area (Å²) in [6.07, 6.45) is 0.355. The van der Waals surface area contributed by atoms with Crippen LogP contribution in [0.25, 0.3) is 0 Å². The molecule has 12 heavy (non-hydrogen) atoms. The lowest BCUT2D eigenvalue weighted by atomic mass is 10.1. The van der Waals surface area contributed by atoms with E-state index in [0.29, 0.717) is 12.0 Å². The molecule has 0 heterocycles. The van der Waals surface area contributed by atoms with E-state index < -0.39 is 11.6 Å². The van der Waals surface area contributed by atoms with Gasteiger partial charge in [-0.1, -0.05) is 30.3 Å². The average Bonchev–Trinajstić information content (AvgIpc) is 2.81. The molecule has 0 N–H and O–H groups in total. The maximum Gasteiger partial charge on any atom is 0.153 e. The van der Waals surface area contributed by atoms with E-state index in [1.54, 1.807) is 24.3 Å². The van der Waals surface area contributed by atoms with Gasteiger partial charge in [-0.3, -0.25) is 0 Å². The van der Waals surface area contributed by atoms with Crippen LogP contribution < -0.4 is 0 Å². The molecule has 0 aliphatic heterocycles. The number of alkyl halides is 1. The Morgan fingerprint density at radius 3 is 2.58 bits per heavy atom. The number of nitrogens with zero attached hydrogens (tertiary/aromatic N) is 1. The minimum absolute atomic E-state index is 0.355. The minimum Gasteiger partial charge on any atom is -0.237 e. The van der Waals surface area contributed by atoms with E-state index in [0.717, 1.165) is 0 Å². The molecule has 1 aromatic carbocycles. The maximum atomic E-state index is 13.7. The van der Waals surface area contributed by atoms with Gasteiger partial charge in [0.05, 0.1) is 12.0 Å². The lowest BCUT2D eigenvalue weighted by Crippen LogP contribution is -2.00. The largest absolute Gasteiger partial charge is 0.237 e. The van der Waals surface area contributed by atoms with Crippen molar-refractivity contribution in [3.63, 3.8) is 0 Å². The molecule has 60 valence electrons. The number of rotatable bonds is 1. The van der Waals surface area contributed by atoms with E-state index in [1.807, 2.05) is 12.1 Å². The average molecular weight is 161 g/mol. The number of nitriles is 1. The molecule has 2 atom stereocenters. The van der Waals surface area contributed by atoms with Gasteiger partial charge in [0.2, 0.25) is 0 Å². The molecule has 0 saturated heterocycles. The molecular formula is C10H8FN. The van der Waals surface area contributed by atoms with Crippen molar-refractivity contribution < 1.29 is 4.39 Å². The van der Waals surface area contributed by atoms with Crippen LogP contribution in [0.2, 0.25) is 0 Å². The van der Waals surface area contributed by atoms with Crippen LogP contribution in [-0.4, -0.2) is 0 Å². The van der Waals surface area contributed by atoms with Crippen molar-refractivity contribution in [3.8, 4) is 6.07 Å². The Hall–Kier alpha value is -1.36. The highest BCUT2D eigenvalue weighted by Crippen LogP contribution is 2.54.